The second-order valence-electron chi connectivity index (χ2n) is 11.3. The summed E-state index contributed by atoms with van der Waals surface area (Å²) in [6.07, 6.45) is 3.37. The predicted molar refractivity (Wildman–Crippen MR) is 189 cm³/mol. The molecule has 5 nitrogen and oxygen atoms in total. The molecule has 8 aromatic rings. The fourth-order valence-electron chi connectivity index (χ4n) is 6.26. The number of benzene rings is 5. The largest absolute Gasteiger partial charge is 0.309 e. The first-order chi connectivity index (χ1) is 23.2. The van der Waals surface area contributed by atoms with Gasteiger partial charge in [-0.3, -0.25) is 9.97 Å². The molecule has 0 aliphatic heterocycles. The van der Waals surface area contributed by atoms with Gasteiger partial charge in [-0.15, -0.1) is 0 Å². The molecule has 0 N–H and O–H groups in total. The van der Waals surface area contributed by atoms with Crippen LogP contribution in [0.1, 0.15) is 5.56 Å². The highest BCUT2D eigenvalue weighted by atomic mass is 15.0. The minimum atomic E-state index is 0.573. The summed E-state index contributed by atoms with van der Waals surface area (Å²) < 4.78 is 2.32. The lowest BCUT2D eigenvalue weighted by atomic mass is 9.97. The van der Waals surface area contributed by atoms with Crippen LogP contribution >= 0.6 is 0 Å². The minimum absolute atomic E-state index is 0.573. The Hall–Kier alpha value is -6.82. The first-order valence-corrected chi connectivity index (χ1v) is 15.2. The van der Waals surface area contributed by atoms with Gasteiger partial charge in [0.05, 0.1) is 40.6 Å². The Morgan fingerprint density at radius 1 is 0.532 bits per heavy atom. The first-order valence-electron chi connectivity index (χ1n) is 15.2. The summed E-state index contributed by atoms with van der Waals surface area (Å²) in [7, 11) is 0. The maximum absolute atomic E-state index is 9.40. The third-order valence-corrected chi connectivity index (χ3v) is 8.52. The van der Waals surface area contributed by atoms with Gasteiger partial charge in [0.2, 0.25) is 0 Å². The van der Waals surface area contributed by atoms with Crippen LogP contribution in [0.5, 0.6) is 0 Å². The van der Waals surface area contributed by atoms with E-state index in [1.165, 1.54) is 0 Å². The van der Waals surface area contributed by atoms with Crippen LogP contribution in [-0.4, -0.2) is 14.5 Å². The Bertz CT molecular complexity index is 2390. The molecule has 0 saturated heterocycles. The molecule has 0 spiro atoms. The van der Waals surface area contributed by atoms with Crippen LogP contribution in [0.25, 0.3) is 77.1 Å². The Kier molecular flexibility index (Phi) is 6.84. The van der Waals surface area contributed by atoms with Crippen molar-refractivity contribution in [2.75, 3.05) is 0 Å². The summed E-state index contributed by atoms with van der Waals surface area (Å²) in [5.41, 5.74) is 12.4. The van der Waals surface area contributed by atoms with E-state index in [0.717, 1.165) is 72.3 Å². The summed E-state index contributed by atoms with van der Waals surface area (Å²) in [6.45, 7) is 7.40. The summed E-state index contributed by atoms with van der Waals surface area (Å²) >= 11 is 0. The smallest absolute Gasteiger partial charge is 0.190 e. The van der Waals surface area contributed by atoms with E-state index >= 15 is 0 Å². The Morgan fingerprint density at radius 2 is 1.09 bits per heavy atom. The van der Waals surface area contributed by atoms with Gasteiger partial charge in [0.1, 0.15) is 0 Å². The van der Waals surface area contributed by atoms with E-state index in [9.17, 15) is 5.26 Å². The van der Waals surface area contributed by atoms with Crippen LogP contribution in [-0.2, 0) is 0 Å². The third-order valence-electron chi connectivity index (χ3n) is 8.52. The van der Waals surface area contributed by atoms with Crippen molar-refractivity contribution < 1.29 is 0 Å². The number of nitriles is 1. The van der Waals surface area contributed by atoms with Gasteiger partial charge in [-0.05, 0) is 101 Å². The maximum Gasteiger partial charge on any atom is 0.190 e. The van der Waals surface area contributed by atoms with E-state index < -0.39 is 0 Å². The molecular formula is C42H25N5. The number of nitrogens with zero attached hydrogens (tertiary/aromatic N) is 5. The average molecular weight is 600 g/mol. The van der Waals surface area contributed by atoms with Gasteiger partial charge in [0, 0.05) is 34.4 Å². The van der Waals surface area contributed by atoms with Crippen LogP contribution in [0, 0.1) is 17.9 Å². The van der Waals surface area contributed by atoms with Crippen molar-refractivity contribution in [3.63, 3.8) is 0 Å². The van der Waals surface area contributed by atoms with Gasteiger partial charge in [0.25, 0.3) is 0 Å². The molecule has 0 fully saturated rings. The van der Waals surface area contributed by atoms with Crippen molar-refractivity contribution >= 4 is 27.5 Å². The van der Waals surface area contributed by atoms with Gasteiger partial charge < -0.3 is 4.57 Å². The van der Waals surface area contributed by atoms with Crippen molar-refractivity contribution in [1.29, 1.82) is 5.26 Å². The molecule has 0 amide bonds. The van der Waals surface area contributed by atoms with Crippen LogP contribution in [0.2, 0.25) is 0 Å². The molecule has 0 unspecified atom stereocenters. The molecular weight excluding hydrogens is 574 g/mol. The molecule has 3 heterocycles. The molecule has 0 saturated carbocycles. The summed E-state index contributed by atoms with van der Waals surface area (Å²) in [5.74, 6) is 0. The number of pyridine rings is 2. The lowest BCUT2D eigenvalue weighted by Crippen LogP contribution is -1.93. The van der Waals surface area contributed by atoms with Crippen LogP contribution in [0.15, 0.2) is 152 Å². The predicted octanol–water partition coefficient (Wildman–Crippen LogP) is 10.7. The molecule has 218 valence electrons. The van der Waals surface area contributed by atoms with Gasteiger partial charge in [-0.25, -0.2) is 4.85 Å². The van der Waals surface area contributed by atoms with Gasteiger partial charge in [-0.2, -0.15) is 5.26 Å². The van der Waals surface area contributed by atoms with Crippen molar-refractivity contribution in [3.05, 3.63) is 169 Å². The van der Waals surface area contributed by atoms with E-state index in [0.29, 0.717) is 11.3 Å². The third kappa shape index (κ3) is 5.09. The van der Waals surface area contributed by atoms with Gasteiger partial charge in [0.15, 0.2) is 5.69 Å². The first kappa shape index (κ1) is 27.7. The SMILES string of the molecule is [C-]#[N+]c1ccnc(-c2cccc(-c3ccc4c(c3)c3cc(-c5cccc(-c6cc(C#N)ccn6)c5)ccc3n4-c3ccccc3)c2)c1. The standard InChI is InChI=1S/C42H25N5/c1-44-35-18-20-46-40(26-35)34-10-6-8-30(23-34)32-14-16-42-38(25-32)37-24-31(13-15-41(37)47(42)36-11-3-2-4-12-36)29-7-5-9-33(22-29)39-21-28(27-43)17-19-45-39/h2-26H. The molecule has 0 bridgehead atoms. The second kappa shape index (κ2) is 11.6. The van der Waals surface area contributed by atoms with Gasteiger partial charge in [-0.1, -0.05) is 66.7 Å². The van der Waals surface area contributed by atoms with Crippen LogP contribution in [0.3, 0.4) is 0 Å². The van der Waals surface area contributed by atoms with Gasteiger partial charge >= 0.3 is 0 Å². The highest BCUT2D eigenvalue weighted by Crippen LogP contribution is 2.38. The monoisotopic (exact) mass is 599 g/mol. The highest BCUT2D eigenvalue weighted by molar-refractivity contribution is 6.11. The van der Waals surface area contributed by atoms with E-state index in [2.05, 4.69) is 110 Å². The number of hydrogen-bond donors (Lipinski definition) is 0. The zero-order valence-electron chi connectivity index (χ0n) is 25.2. The topological polar surface area (TPSA) is 58.9 Å². The van der Waals surface area contributed by atoms with Crippen molar-refractivity contribution in [2.24, 2.45) is 0 Å². The quantitative estimate of drug-likeness (QED) is 0.185. The Balaban J connectivity index is 1.29. The minimum Gasteiger partial charge on any atom is -0.309 e. The van der Waals surface area contributed by atoms with Crippen LogP contribution in [0.4, 0.5) is 5.69 Å². The van der Waals surface area contributed by atoms with Crippen molar-refractivity contribution in [2.45, 2.75) is 0 Å². The highest BCUT2D eigenvalue weighted by Gasteiger charge is 2.15. The zero-order chi connectivity index (χ0) is 31.7. The van der Waals surface area contributed by atoms with E-state index in [1.807, 2.05) is 42.5 Å². The molecule has 3 aromatic heterocycles. The molecule has 0 radical (unpaired) electrons. The lowest BCUT2D eigenvalue weighted by molar-refractivity contribution is 1.18. The van der Waals surface area contributed by atoms with Crippen LogP contribution < -0.4 is 0 Å². The fraction of sp³-hybridized carbons (Fsp3) is 0. The Morgan fingerprint density at radius 3 is 1.68 bits per heavy atom. The number of para-hydroxylation sites is 1. The summed E-state index contributed by atoms with van der Waals surface area (Å²) in [4.78, 5) is 12.6. The summed E-state index contributed by atoms with van der Waals surface area (Å²) in [5, 5.41) is 11.7. The lowest BCUT2D eigenvalue weighted by Gasteiger charge is -2.09. The number of fused-ring (bicyclic) bond motifs is 3. The molecule has 5 aromatic carbocycles. The normalized spacial score (nSPS) is 10.9. The zero-order valence-corrected chi connectivity index (χ0v) is 25.2. The molecule has 0 aliphatic carbocycles. The molecule has 47 heavy (non-hydrogen) atoms. The van der Waals surface area contributed by atoms with E-state index in [4.69, 9.17) is 6.57 Å². The average Bonchev–Trinajstić information content (AvgIpc) is 3.48. The maximum atomic E-state index is 9.40. The Labute approximate surface area is 272 Å². The van der Waals surface area contributed by atoms with E-state index in [1.54, 1.807) is 24.5 Å². The summed E-state index contributed by atoms with van der Waals surface area (Å²) in [6, 6.07) is 49.7. The van der Waals surface area contributed by atoms with Crippen molar-refractivity contribution in [1.82, 2.24) is 14.5 Å². The fourth-order valence-corrected chi connectivity index (χ4v) is 6.26. The second-order valence-corrected chi connectivity index (χ2v) is 11.3. The van der Waals surface area contributed by atoms with E-state index in [-0.39, 0.29) is 0 Å². The van der Waals surface area contributed by atoms with Crippen molar-refractivity contribution in [3.8, 4) is 56.5 Å². The number of rotatable bonds is 5. The molecule has 0 atom stereocenters. The number of hydrogen-bond acceptors (Lipinski definition) is 3. The molecule has 0 aliphatic rings. The molecule has 5 heteroatoms. The number of aromatic nitrogens is 3. The molecule has 8 rings (SSSR count).